The van der Waals surface area contributed by atoms with E-state index in [0.717, 1.165) is 60.4 Å². The molecule has 33 heavy (non-hydrogen) atoms. The minimum absolute atomic E-state index is 0.209. The number of rotatable bonds is 4. The normalized spacial score (nSPS) is 14.9. The van der Waals surface area contributed by atoms with Gasteiger partial charge in [-0.3, -0.25) is 14.5 Å². The molecule has 0 aliphatic carbocycles. The maximum atomic E-state index is 13.0. The van der Waals surface area contributed by atoms with Crippen molar-refractivity contribution in [3.05, 3.63) is 60.8 Å². The first-order chi connectivity index (χ1) is 16.0. The van der Waals surface area contributed by atoms with Crippen molar-refractivity contribution in [1.82, 2.24) is 29.6 Å². The molecule has 0 spiro atoms. The van der Waals surface area contributed by atoms with Gasteiger partial charge in [0.25, 0.3) is 5.91 Å². The van der Waals surface area contributed by atoms with Crippen molar-refractivity contribution < 1.29 is 4.79 Å². The van der Waals surface area contributed by atoms with Crippen molar-refractivity contribution in [1.29, 1.82) is 0 Å². The third kappa shape index (κ3) is 4.68. The lowest BCUT2D eigenvalue weighted by Crippen LogP contribution is -2.29. The van der Waals surface area contributed by atoms with Gasteiger partial charge in [-0.15, -0.1) is 0 Å². The molecule has 1 amide bonds. The minimum Gasteiger partial charge on any atom is -0.355 e. The summed E-state index contributed by atoms with van der Waals surface area (Å²) >= 11 is 0. The highest BCUT2D eigenvalue weighted by Gasteiger charge is 2.16. The molecular formula is C24H26N8O. The standard InChI is InChI=1S/C24H26N8O/c1-30-6-3-7-32(9-8-30)23-12-17(4-5-25-23)24(33)29-22-11-18-10-21(20-15-28-31(2)16-20)26-13-19(18)14-27-22/h4-5,10-16H,3,6-9H2,1-2H3,(H,27,29,33). The zero-order valence-electron chi connectivity index (χ0n) is 18.8. The van der Waals surface area contributed by atoms with Gasteiger partial charge in [-0.05, 0) is 49.7 Å². The Hall–Kier alpha value is -3.85. The Morgan fingerprint density at radius 2 is 1.82 bits per heavy atom. The van der Waals surface area contributed by atoms with Crippen molar-refractivity contribution in [3.8, 4) is 11.3 Å². The number of aryl methyl sites for hydroxylation is 1. The third-order valence-electron chi connectivity index (χ3n) is 5.90. The zero-order chi connectivity index (χ0) is 22.8. The Balaban J connectivity index is 1.35. The Bertz CT molecular complexity index is 1300. The van der Waals surface area contributed by atoms with E-state index < -0.39 is 0 Å². The molecule has 168 valence electrons. The number of fused-ring (bicyclic) bond motifs is 1. The molecule has 0 bridgehead atoms. The van der Waals surface area contributed by atoms with Gasteiger partial charge in [0.15, 0.2) is 0 Å². The summed E-state index contributed by atoms with van der Waals surface area (Å²) < 4.78 is 1.74. The number of nitrogens with one attached hydrogen (secondary N) is 1. The van der Waals surface area contributed by atoms with E-state index in [0.29, 0.717) is 11.4 Å². The zero-order valence-corrected chi connectivity index (χ0v) is 18.8. The fraction of sp³-hybridized carbons (Fsp3) is 0.292. The average molecular weight is 443 g/mol. The molecule has 0 saturated carbocycles. The SMILES string of the molecule is CN1CCCN(c2cc(C(=O)Nc3cc4cc(-c5cnn(C)c5)ncc4cn3)ccn2)CC1. The highest BCUT2D eigenvalue weighted by Crippen LogP contribution is 2.23. The molecule has 1 fully saturated rings. The van der Waals surface area contributed by atoms with Crippen LogP contribution in [0.25, 0.3) is 22.0 Å². The Labute approximate surface area is 192 Å². The summed E-state index contributed by atoms with van der Waals surface area (Å²) in [7, 11) is 4.00. The molecule has 1 aliphatic rings. The number of hydrogen-bond acceptors (Lipinski definition) is 7. The van der Waals surface area contributed by atoms with Crippen LogP contribution in [-0.4, -0.2) is 68.8 Å². The van der Waals surface area contributed by atoms with Gasteiger partial charge in [0.1, 0.15) is 11.6 Å². The van der Waals surface area contributed by atoms with Gasteiger partial charge in [0.2, 0.25) is 0 Å². The highest BCUT2D eigenvalue weighted by molar-refractivity contribution is 6.05. The van der Waals surface area contributed by atoms with Crippen LogP contribution in [0.1, 0.15) is 16.8 Å². The van der Waals surface area contributed by atoms with Crippen molar-refractivity contribution >= 4 is 28.3 Å². The molecule has 5 rings (SSSR count). The van der Waals surface area contributed by atoms with Crippen molar-refractivity contribution in [3.63, 3.8) is 0 Å². The largest absolute Gasteiger partial charge is 0.355 e. The second-order valence-electron chi connectivity index (χ2n) is 8.39. The lowest BCUT2D eigenvalue weighted by Gasteiger charge is -2.21. The minimum atomic E-state index is -0.209. The predicted molar refractivity (Wildman–Crippen MR) is 128 cm³/mol. The number of aromatic nitrogens is 5. The summed E-state index contributed by atoms with van der Waals surface area (Å²) in [6.07, 6.45) is 9.97. The summed E-state index contributed by atoms with van der Waals surface area (Å²) in [6.45, 7) is 3.88. The van der Waals surface area contributed by atoms with Gasteiger partial charge in [-0.2, -0.15) is 5.10 Å². The molecule has 0 atom stereocenters. The molecule has 0 radical (unpaired) electrons. The summed E-state index contributed by atoms with van der Waals surface area (Å²) in [4.78, 5) is 30.9. The van der Waals surface area contributed by atoms with Crippen molar-refractivity contribution in [2.75, 3.05) is 43.4 Å². The fourth-order valence-corrected chi connectivity index (χ4v) is 4.01. The van der Waals surface area contributed by atoms with Crippen LogP contribution in [0.2, 0.25) is 0 Å². The van der Waals surface area contributed by atoms with Gasteiger partial charge in [-0.1, -0.05) is 0 Å². The predicted octanol–water partition coefficient (Wildman–Crippen LogP) is 2.82. The molecule has 1 N–H and O–H groups in total. The summed E-state index contributed by atoms with van der Waals surface area (Å²) in [6, 6.07) is 7.42. The third-order valence-corrected chi connectivity index (χ3v) is 5.90. The number of pyridine rings is 3. The van der Waals surface area contributed by atoms with E-state index in [1.54, 1.807) is 35.5 Å². The Morgan fingerprint density at radius 3 is 2.67 bits per heavy atom. The van der Waals surface area contributed by atoms with Crippen LogP contribution < -0.4 is 10.2 Å². The number of carbonyl (C=O) groups excluding carboxylic acids is 1. The second kappa shape index (κ2) is 8.95. The lowest BCUT2D eigenvalue weighted by molar-refractivity contribution is 0.102. The molecule has 0 unspecified atom stereocenters. The molecule has 9 heteroatoms. The van der Waals surface area contributed by atoms with Gasteiger partial charge >= 0.3 is 0 Å². The number of nitrogens with zero attached hydrogens (tertiary/aromatic N) is 7. The van der Waals surface area contributed by atoms with E-state index in [2.05, 4.69) is 42.2 Å². The lowest BCUT2D eigenvalue weighted by atomic mass is 10.1. The van der Waals surface area contributed by atoms with Crippen LogP contribution in [0, 0.1) is 0 Å². The van der Waals surface area contributed by atoms with Crippen molar-refractivity contribution in [2.24, 2.45) is 7.05 Å². The average Bonchev–Trinajstić information content (AvgIpc) is 3.15. The van der Waals surface area contributed by atoms with Crippen LogP contribution in [0.4, 0.5) is 11.6 Å². The summed E-state index contributed by atoms with van der Waals surface area (Å²) in [5, 5.41) is 8.98. The fourth-order valence-electron chi connectivity index (χ4n) is 4.01. The molecule has 1 aliphatic heterocycles. The highest BCUT2D eigenvalue weighted by atomic mass is 16.1. The van der Waals surface area contributed by atoms with E-state index in [-0.39, 0.29) is 5.91 Å². The topological polar surface area (TPSA) is 92.1 Å². The van der Waals surface area contributed by atoms with E-state index in [9.17, 15) is 4.79 Å². The Morgan fingerprint density at radius 1 is 0.939 bits per heavy atom. The first-order valence-electron chi connectivity index (χ1n) is 11.0. The van der Waals surface area contributed by atoms with Crippen LogP contribution >= 0.6 is 0 Å². The number of likely N-dealkylation sites (N-methyl/N-ethyl adjacent to an activating group) is 1. The van der Waals surface area contributed by atoms with E-state index in [1.807, 2.05) is 31.4 Å². The second-order valence-corrected chi connectivity index (χ2v) is 8.39. The smallest absolute Gasteiger partial charge is 0.257 e. The van der Waals surface area contributed by atoms with E-state index >= 15 is 0 Å². The quantitative estimate of drug-likeness (QED) is 0.520. The maximum Gasteiger partial charge on any atom is 0.257 e. The number of hydrogen-bond donors (Lipinski definition) is 1. The first-order valence-corrected chi connectivity index (χ1v) is 11.0. The number of amides is 1. The van der Waals surface area contributed by atoms with Crippen LogP contribution in [0.3, 0.4) is 0 Å². The van der Waals surface area contributed by atoms with E-state index in [1.165, 1.54) is 0 Å². The van der Waals surface area contributed by atoms with Crippen LogP contribution in [0.15, 0.2) is 55.2 Å². The van der Waals surface area contributed by atoms with Gasteiger partial charge in [0, 0.05) is 68.0 Å². The maximum absolute atomic E-state index is 13.0. The molecule has 4 aromatic heterocycles. The van der Waals surface area contributed by atoms with Gasteiger partial charge in [-0.25, -0.2) is 9.97 Å². The molecule has 1 saturated heterocycles. The first kappa shape index (κ1) is 21.0. The summed E-state index contributed by atoms with van der Waals surface area (Å²) in [5.74, 6) is 1.11. The molecule has 0 aromatic carbocycles. The molecule has 9 nitrogen and oxygen atoms in total. The van der Waals surface area contributed by atoms with E-state index in [4.69, 9.17) is 0 Å². The van der Waals surface area contributed by atoms with Crippen LogP contribution in [-0.2, 0) is 7.05 Å². The number of anilines is 2. The molecule has 4 aromatic rings. The van der Waals surface area contributed by atoms with Crippen molar-refractivity contribution in [2.45, 2.75) is 6.42 Å². The Kier molecular flexibility index (Phi) is 5.70. The molecule has 5 heterocycles. The number of carbonyl (C=O) groups is 1. The summed E-state index contributed by atoms with van der Waals surface area (Å²) in [5.41, 5.74) is 2.32. The molecular weight excluding hydrogens is 416 g/mol. The monoisotopic (exact) mass is 442 g/mol. The van der Waals surface area contributed by atoms with Crippen LogP contribution in [0.5, 0.6) is 0 Å². The van der Waals surface area contributed by atoms with Gasteiger partial charge in [0.05, 0.1) is 11.9 Å². The van der Waals surface area contributed by atoms with Gasteiger partial charge < -0.3 is 15.1 Å².